The molecule has 0 bridgehead atoms. The van der Waals surface area contributed by atoms with Gasteiger partial charge in [0.05, 0.1) is 11.3 Å². The molecule has 2 rings (SSSR count). The SMILES string of the molecule is CC(C)c1nn(C)cc1C(=O)N[C@H](C)C1CCCC1. The minimum atomic E-state index is 0.0243. The number of hydrogen-bond donors (Lipinski definition) is 1. The van der Waals surface area contributed by atoms with Crippen molar-refractivity contribution in [2.45, 2.75) is 58.4 Å². The van der Waals surface area contributed by atoms with Gasteiger partial charge in [-0.25, -0.2) is 0 Å². The van der Waals surface area contributed by atoms with E-state index in [4.69, 9.17) is 0 Å². The van der Waals surface area contributed by atoms with Gasteiger partial charge in [0, 0.05) is 19.3 Å². The van der Waals surface area contributed by atoms with E-state index in [2.05, 4.69) is 31.2 Å². The lowest BCUT2D eigenvalue weighted by atomic mass is 9.99. The molecule has 1 aliphatic rings. The van der Waals surface area contributed by atoms with Gasteiger partial charge in [-0.1, -0.05) is 26.7 Å². The Bertz CT molecular complexity index is 444. The van der Waals surface area contributed by atoms with Gasteiger partial charge in [-0.05, 0) is 31.6 Å². The molecular formula is C15H25N3O. The molecule has 1 aromatic rings. The Hall–Kier alpha value is -1.32. The molecule has 1 N–H and O–H groups in total. The maximum absolute atomic E-state index is 12.4. The Labute approximate surface area is 115 Å². The van der Waals surface area contributed by atoms with Crippen molar-refractivity contribution in [2.24, 2.45) is 13.0 Å². The van der Waals surface area contributed by atoms with Crippen LogP contribution in [0.5, 0.6) is 0 Å². The number of hydrogen-bond acceptors (Lipinski definition) is 2. The van der Waals surface area contributed by atoms with Crippen LogP contribution in [0.2, 0.25) is 0 Å². The number of aryl methyl sites for hydroxylation is 1. The van der Waals surface area contributed by atoms with Crippen molar-refractivity contribution in [3.05, 3.63) is 17.5 Å². The molecule has 1 saturated carbocycles. The van der Waals surface area contributed by atoms with Gasteiger partial charge in [0.15, 0.2) is 0 Å². The lowest BCUT2D eigenvalue weighted by Gasteiger charge is -2.20. The highest BCUT2D eigenvalue weighted by Gasteiger charge is 2.25. The zero-order chi connectivity index (χ0) is 14.0. The van der Waals surface area contributed by atoms with E-state index in [1.54, 1.807) is 4.68 Å². The number of nitrogens with one attached hydrogen (secondary N) is 1. The molecule has 0 unspecified atom stereocenters. The van der Waals surface area contributed by atoms with Gasteiger partial charge >= 0.3 is 0 Å². The van der Waals surface area contributed by atoms with Crippen LogP contribution < -0.4 is 5.32 Å². The molecule has 0 aliphatic heterocycles. The number of rotatable bonds is 4. The average molecular weight is 263 g/mol. The Kier molecular flexibility index (Phi) is 4.27. The first-order valence-corrected chi connectivity index (χ1v) is 7.33. The maximum Gasteiger partial charge on any atom is 0.254 e. The zero-order valence-corrected chi connectivity index (χ0v) is 12.4. The van der Waals surface area contributed by atoms with Crippen molar-refractivity contribution < 1.29 is 4.79 Å². The minimum Gasteiger partial charge on any atom is -0.349 e. The Balaban J connectivity index is 2.06. The van der Waals surface area contributed by atoms with Crippen LogP contribution in [-0.4, -0.2) is 21.7 Å². The summed E-state index contributed by atoms with van der Waals surface area (Å²) in [7, 11) is 1.86. The van der Waals surface area contributed by atoms with E-state index in [0.717, 1.165) is 11.3 Å². The molecule has 4 nitrogen and oxygen atoms in total. The fraction of sp³-hybridized carbons (Fsp3) is 0.733. The normalized spacial score (nSPS) is 17.9. The summed E-state index contributed by atoms with van der Waals surface area (Å²) in [4.78, 5) is 12.4. The highest BCUT2D eigenvalue weighted by atomic mass is 16.1. The first-order chi connectivity index (χ1) is 8.99. The number of carbonyl (C=O) groups excluding carboxylic acids is 1. The van der Waals surface area contributed by atoms with E-state index in [-0.39, 0.29) is 17.9 Å². The Morgan fingerprint density at radius 1 is 1.37 bits per heavy atom. The van der Waals surface area contributed by atoms with Crippen molar-refractivity contribution >= 4 is 5.91 Å². The van der Waals surface area contributed by atoms with Gasteiger partial charge in [0.25, 0.3) is 5.91 Å². The van der Waals surface area contributed by atoms with E-state index in [9.17, 15) is 4.79 Å². The summed E-state index contributed by atoms with van der Waals surface area (Å²) in [5.74, 6) is 0.933. The molecule has 1 amide bonds. The molecule has 0 radical (unpaired) electrons. The van der Waals surface area contributed by atoms with Crippen LogP contribution in [0.3, 0.4) is 0 Å². The zero-order valence-electron chi connectivity index (χ0n) is 12.4. The summed E-state index contributed by atoms with van der Waals surface area (Å²) in [6.45, 7) is 6.26. The van der Waals surface area contributed by atoms with Crippen molar-refractivity contribution in [3.63, 3.8) is 0 Å². The fourth-order valence-corrected chi connectivity index (χ4v) is 2.97. The summed E-state index contributed by atoms with van der Waals surface area (Å²) in [6, 6.07) is 0.259. The average Bonchev–Trinajstić information content (AvgIpc) is 2.96. The fourth-order valence-electron chi connectivity index (χ4n) is 2.97. The Morgan fingerprint density at radius 3 is 2.58 bits per heavy atom. The predicted octanol–water partition coefficient (Wildman–Crippen LogP) is 2.85. The number of aromatic nitrogens is 2. The lowest BCUT2D eigenvalue weighted by Crippen LogP contribution is -2.37. The van der Waals surface area contributed by atoms with Crippen LogP contribution >= 0.6 is 0 Å². The van der Waals surface area contributed by atoms with Gasteiger partial charge in [-0.15, -0.1) is 0 Å². The van der Waals surface area contributed by atoms with Gasteiger partial charge in [-0.2, -0.15) is 5.10 Å². The number of nitrogens with zero attached hydrogens (tertiary/aromatic N) is 2. The highest BCUT2D eigenvalue weighted by molar-refractivity contribution is 5.95. The summed E-state index contributed by atoms with van der Waals surface area (Å²) in [6.07, 6.45) is 6.91. The molecule has 106 valence electrons. The second-order valence-electron chi connectivity index (χ2n) is 6.06. The van der Waals surface area contributed by atoms with Crippen LogP contribution in [0.15, 0.2) is 6.20 Å². The molecule has 1 fully saturated rings. The van der Waals surface area contributed by atoms with E-state index in [1.807, 2.05) is 13.2 Å². The second kappa shape index (κ2) is 5.76. The highest BCUT2D eigenvalue weighted by Crippen LogP contribution is 2.28. The molecule has 1 aliphatic carbocycles. The van der Waals surface area contributed by atoms with Crippen LogP contribution in [0.4, 0.5) is 0 Å². The largest absolute Gasteiger partial charge is 0.349 e. The van der Waals surface area contributed by atoms with Crippen molar-refractivity contribution in [1.29, 1.82) is 0 Å². The van der Waals surface area contributed by atoms with Gasteiger partial charge in [0.1, 0.15) is 0 Å². The lowest BCUT2D eigenvalue weighted by molar-refractivity contribution is 0.0926. The molecule has 1 heterocycles. The third-order valence-electron chi connectivity index (χ3n) is 4.11. The Morgan fingerprint density at radius 2 is 2.00 bits per heavy atom. The first-order valence-electron chi connectivity index (χ1n) is 7.33. The third kappa shape index (κ3) is 3.17. The topological polar surface area (TPSA) is 46.9 Å². The molecule has 0 spiro atoms. The van der Waals surface area contributed by atoms with Crippen molar-refractivity contribution in [1.82, 2.24) is 15.1 Å². The van der Waals surface area contributed by atoms with Crippen LogP contribution in [0.25, 0.3) is 0 Å². The molecule has 4 heteroatoms. The van der Waals surface area contributed by atoms with Crippen LogP contribution in [-0.2, 0) is 7.05 Å². The molecule has 1 atom stereocenters. The van der Waals surface area contributed by atoms with E-state index in [0.29, 0.717) is 5.92 Å². The summed E-state index contributed by atoms with van der Waals surface area (Å²) in [5.41, 5.74) is 1.61. The summed E-state index contributed by atoms with van der Waals surface area (Å²) in [5, 5.41) is 7.55. The maximum atomic E-state index is 12.4. The molecule has 0 aromatic carbocycles. The summed E-state index contributed by atoms with van der Waals surface area (Å²) >= 11 is 0. The molecule has 0 saturated heterocycles. The smallest absolute Gasteiger partial charge is 0.254 e. The first kappa shape index (κ1) is 14.1. The molecular weight excluding hydrogens is 238 g/mol. The summed E-state index contributed by atoms with van der Waals surface area (Å²) < 4.78 is 1.73. The van der Waals surface area contributed by atoms with Crippen LogP contribution in [0, 0.1) is 5.92 Å². The second-order valence-corrected chi connectivity index (χ2v) is 6.06. The van der Waals surface area contributed by atoms with E-state index >= 15 is 0 Å². The molecule has 19 heavy (non-hydrogen) atoms. The van der Waals surface area contributed by atoms with E-state index in [1.165, 1.54) is 25.7 Å². The molecule has 1 aromatic heterocycles. The van der Waals surface area contributed by atoms with Gasteiger partial charge in [0.2, 0.25) is 0 Å². The van der Waals surface area contributed by atoms with Gasteiger partial charge < -0.3 is 5.32 Å². The van der Waals surface area contributed by atoms with Gasteiger partial charge in [-0.3, -0.25) is 9.48 Å². The minimum absolute atomic E-state index is 0.0243. The van der Waals surface area contributed by atoms with E-state index < -0.39 is 0 Å². The number of carbonyl (C=O) groups is 1. The number of amides is 1. The third-order valence-corrected chi connectivity index (χ3v) is 4.11. The monoisotopic (exact) mass is 263 g/mol. The van der Waals surface area contributed by atoms with Crippen LogP contribution in [0.1, 0.15) is 68.4 Å². The quantitative estimate of drug-likeness (QED) is 0.908. The van der Waals surface area contributed by atoms with Crippen molar-refractivity contribution in [3.8, 4) is 0 Å². The van der Waals surface area contributed by atoms with Crippen molar-refractivity contribution in [2.75, 3.05) is 0 Å². The predicted molar refractivity (Wildman–Crippen MR) is 76.2 cm³/mol. The standard InChI is InChI=1S/C15H25N3O/c1-10(2)14-13(9-18(4)17-14)15(19)16-11(3)12-7-5-6-8-12/h9-12H,5-8H2,1-4H3,(H,16,19)/t11-/m1/s1.